The third kappa shape index (κ3) is 2.65. The largest absolute Gasteiger partial charge is 0.346 e. The van der Waals surface area contributed by atoms with E-state index in [-0.39, 0.29) is 11.9 Å². The molecule has 3 aliphatic heterocycles. The highest BCUT2D eigenvalue weighted by molar-refractivity contribution is 7.13. The molecule has 0 unspecified atom stereocenters. The van der Waals surface area contributed by atoms with Gasteiger partial charge in [-0.05, 0) is 61.0 Å². The minimum absolute atomic E-state index is 0.0617. The number of aromatic nitrogens is 2. The Balaban J connectivity index is 1.44. The number of piperidine rings is 3. The van der Waals surface area contributed by atoms with Crippen LogP contribution in [0.5, 0.6) is 0 Å². The normalized spacial score (nSPS) is 25.4. The molecule has 0 spiro atoms. The van der Waals surface area contributed by atoms with Gasteiger partial charge in [0.15, 0.2) is 5.69 Å². The third-order valence-electron chi connectivity index (χ3n) is 5.56. The number of aromatic amines is 1. The van der Waals surface area contributed by atoms with Crippen LogP contribution in [0.1, 0.15) is 23.3 Å². The molecular formula is C19H20N4OS. The number of fused-ring (bicyclic) bond motifs is 4. The van der Waals surface area contributed by atoms with E-state index in [0.29, 0.717) is 11.6 Å². The summed E-state index contributed by atoms with van der Waals surface area (Å²) in [5, 5.41) is 13.5. The smallest absolute Gasteiger partial charge is 0.272 e. The van der Waals surface area contributed by atoms with E-state index in [2.05, 4.69) is 44.0 Å². The number of amides is 1. The molecule has 2 N–H and O–H groups in total. The molecule has 6 heteroatoms. The second-order valence-electron chi connectivity index (χ2n) is 7.03. The Hall–Kier alpha value is -2.18. The Morgan fingerprint density at radius 2 is 2.16 bits per heavy atom. The third-order valence-corrected chi connectivity index (χ3v) is 6.48. The number of hydrogen-bond donors (Lipinski definition) is 2. The van der Waals surface area contributed by atoms with Crippen LogP contribution in [-0.4, -0.2) is 46.7 Å². The summed E-state index contributed by atoms with van der Waals surface area (Å²) >= 11 is 1.70. The molecule has 0 radical (unpaired) electrons. The van der Waals surface area contributed by atoms with Gasteiger partial charge < -0.3 is 10.2 Å². The lowest BCUT2D eigenvalue weighted by Gasteiger charge is -2.44. The number of rotatable bonds is 3. The summed E-state index contributed by atoms with van der Waals surface area (Å²) < 4.78 is 0. The fraction of sp³-hybridized carbons (Fsp3) is 0.368. The van der Waals surface area contributed by atoms with Gasteiger partial charge in [0.25, 0.3) is 5.91 Å². The number of carbonyl (C=O) groups excluding carboxylic acids is 1. The number of H-pyrrole nitrogens is 1. The predicted molar refractivity (Wildman–Crippen MR) is 99.8 cm³/mol. The zero-order valence-electron chi connectivity index (χ0n) is 13.9. The van der Waals surface area contributed by atoms with Gasteiger partial charge in [0.1, 0.15) is 0 Å². The number of benzene rings is 1. The van der Waals surface area contributed by atoms with Crippen molar-refractivity contribution >= 4 is 28.1 Å². The van der Waals surface area contributed by atoms with Crippen molar-refractivity contribution in [3.8, 4) is 10.4 Å². The maximum Gasteiger partial charge on any atom is 0.272 e. The molecule has 2 aromatic heterocycles. The lowest BCUT2D eigenvalue weighted by molar-refractivity contribution is 0.0618. The van der Waals surface area contributed by atoms with Gasteiger partial charge in [-0.1, -0.05) is 12.1 Å². The van der Waals surface area contributed by atoms with Crippen LogP contribution >= 0.6 is 11.3 Å². The zero-order chi connectivity index (χ0) is 16.8. The second-order valence-corrected chi connectivity index (χ2v) is 7.98. The van der Waals surface area contributed by atoms with E-state index in [9.17, 15) is 4.79 Å². The maximum absolute atomic E-state index is 12.9. The van der Waals surface area contributed by atoms with Crippen LogP contribution in [0.2, 0.25) is 0 Å². The average molecular weight is 352 g/mol. The molecule has 0 saturated carbocycles. The van der Waals surface area contributed by atoms with Crippen LogP contribution < -0.4 is 5.32 Å². The summed E-state index contributed by atoms with van der Waals surface area (Å²) in [7, 11) is 0. The van der Waals surface area contributed by atoms with Gasteiger partial charge >= 0.3 is 0 Å². The Bertz CT molecular complexity index is 909. The SMILES string of the molecule is O=C(N[C@H]1CN2CCC1CC2)c1n[nH]c2ccc(-c3cccs3)cc12. The van der Waals surface area contributed by atoms with Gasteiger partial charge in [0, 0.05) is 22.8 Å². The van der Waals surface area contributed by atoms with Crippen LogP contribution in [-0.2, 0) is 0 Å². The fourth-order valence-corrected chi connectivity index (χ4v) is 4.87. The molecular weight excluding hydrogens is 332 g/mol. The number of nitrogens with one attached hydrogen (secondary N) is 2. The van der Waals surface area contributed by atoms with E-state index in [1.54, 1.807) is 11.3 Å². The topological polar surface area (TPSA) is 61.0 Å². The monoisotopic (exact) mass is 352 g/mol. The summed E-state index contributed by atoms with van der Waals surface area (Å²) in [6.07, 6.45) is 2.38. The minimum Gasteiger partial charge on any atom is -0.346 e. The number of carbonyl (C=O) groups is 1. The molecule has 128 valence electrons. The van der Waals surface area contributed by atoms with Crippen LogP contribution in [0.4, 0.5) is 0 Å². The number of thiophene rings is 1. The Morgan fingerprint density at radius 1 is 1.28 bits per heavy atom. The van der Waals surface area contributed by atoms with Crippen molar-refractivity contribution in [3.63, 3.8) is 0 Å². The van der Waals surface area contributed by atoms with Crippen molar-refractivity contribution in [2.24, 2.45) is 5.92 Å². The summed E-state index contributed by atoms with van der Waals surface area (Å²) in [5.41, 5.74) is 2.53. The minimum atomic E-state index is -0.0617. The van der Waals surface area contributed by atoms with Gasteiger partial charge in [-0.15, -0.1) is 11.3 Å². The van der Waals surface area contributed by atoms with Crippen molar-refractivity contribution in [1.82, 2.24) is 20.4 Å². The highest BCUT2D eigenvalue weighted by atomic mass is 32.1. The first-order valence-corrected chi connectivity index (χ1v) is 9.71. The summed E-state index contributed by atoms with van der Waals surface area (Å²) in [6.45, 7) is 3.32. The molecule has 25 heavy (non-hydrogen) atoms. The number of hydrogen-bond acceptors (Lipinski definition) is 4. The first-order valence-electron chi connectivity index (χ1n) is 8.83. The van der Waals surface area contributed by atoms with Gasteiger partial charge in [-0.3, -0.25) is 9.89 Å². The lowest BCUT2D eigenvalue weighted by atomic mass is 9.84. The van der Waals surface area contributed by atoms with E-state index in [1.807, 2.05) is 12.1 Å². The van der Waals surface area contributed by atoms with E-state index in [1.165, 1.54) is 30.8 Å². The van der Waals surface area contributed by atoms with Crippen molar-refractivity contribution in [2.75, 3.05) is 19.6 Å². The van der Waals surface area contributed by atoms with Gasteiger partial charge in [0.05, 0.1) is 5.52 Å². The van der Waals surface area contributed by atoms with Crippen molar-refractivity contribution in [2.45, 2.75) is 18.9 Å². The molecule has 3 aliphatic rings. The predicted octanol–water partition coefficient (Wildman–Crippen LogP) is 3.12. The molecule has 2 bridgehead atoms. The summed E-state index contributed by atoms with van der Waals surface area (Å²) in [4.78, 5) is 16.5. The van der Waals surface area contributed by atoms with Gasteiger partial charge in [-0.2, -0.15) is 5.10 Å². The maximum atomic E-state index is 12.9. The Labute approximate surface area is 150 Å². The molecule has 3 fully saturated rings. The molecule has 1 amide bonds. The van der Waals surface area contributed by atoms with Crippen LogP contribution in [0.3, 0.4) is 0 Å². The Morgan fingerprint density at radius 3 is 2.88 bits per heavy atom. The first kappa shape index (κ1) is 15.1. The molecule has 1 aromatic carbocycles. The molecule has 6 rings (SSSR count). The molecule has 5 nitrogen and oxygen atoms in total. The first-order chi connectivity index (χ1) is 12.3. The van der Waals surface area contributed by atoms with Crippen LogP contribution in [0.15, 0.2) is 35.7 Å². The standard InChI is InChI=1S/C19H20N4OS/c24-19(20-16-11-23-7-5-12(16)6-8-23)18-14-10-13(17-2-1-9-25-17)3-4-15(14)21-22-18/h1-4,9-10,12,16H,5-8,11H2,(H,20,24)(H,21,22)/t16-/m0/s1. The average Bonchev–Trinajstić information content (AvgIpc) is 3.32. The van der Waals surface area contributed by atoms with Gasteiger partial charge in [-0.25, -0.2) is 0 Å². The van der Waals surface area contributed by atoms with Crippen molar-refractivity contribution < 1.29 is 4.79 Å². The molecule has 3 aromatic rings. The highest BCUT2D eigenvalue weighted by Crippen LogP contribution is 2.30. The quantitative estimate of drug-likeness (QED) is 0.761. The van der Waals surface area contributed by atoms with E-state index in [0.717, 1.165) is 23.0 Å². The van der Waals surface area contributed by atoms with Crippen LogP contribution in [0, 0.1) is 5.92 Å². The van der Waals surface area contributed by atoms with Crippen molar-refractivity contribution in [3.05, 3.63) is 41.4 Å². The van der Waals surface area contributed by atoms with Crippen LogP contribution in [0.25, 0.3) is 21.3 Å². The second kappa shape index (κ2) is 5.97. The molecule has 3 saturated heterocycles. The lowest BCUT2D eigenvalue weighted by Crippen LogP contribution is -2.57. The highest BCUT2D eigenvalue weighted by Gasteiger charge is 2.35. The Kier molecular flexibility index (Phi) is 3.60. The molecule has 0 aliphatic carbocycles. The fourth-order valence-electron chi connectivity index (χ4n) is 4.15. The van der Waals surface area contributed by atoms with Crippen molar-refractivity contribution in [1.29, 1.82) is 0 Å². The number of nitrogens with zero attached hydrogens (tertiary/aromatic N) is 2. The zero-order valence-corrected chi connectivity index (χ0v) is 14.7. The molecule has 5 heterocycles. The van der Waals surface area contributed by atoms with E-state index >= 15 is 0 Å². The summed E-state index contributed by atoms with van der Waals surface area (Å²) in [5.74, 6) is 0.550. The summed E-state index contributed by atoms with van der Waals surface area (Å²) in [6, 6.07) is 10.5. The van der Waals surface area contributed by atoms with Gasteiger partial charge in [0.2, 0.25) is 0 Å². The molecule has 1 atom stereocenters. The van der Waals surface area contributed by atoms with E-state index in [4.69, 9.17) is 0 Å². The van der Waals surface area contributed by atoms with E-state index < -0.39 is 0 Å².